The Morgan fingerprint density at radius 2 is 1.43 bits per heavy atom. The van der Waals surface area contributed by atoms with E-state index in [0.29, 0.717) is 27.8 Å². The largest absolute Gasteiger partial charge is 0.457 e. The summed E-state index contributed by atoms with van der Waals surface area (Å²) in [5.41, 5.74) is 0.125. The molecule has 0 aliphatic carbocycles. The molecule has 0 amide bonds. The van der Waals surface area contributed by atoms with Crippen molar-refractivity contribution in [3.63, 3.8) is 0 Å². The summed E-state index contributed by atoms with van der Waals surface area (Å²) in [7, 11) is 0. The molecule has 4 rings (SSSR count). The highest BCUT2D eigenvalue weighted by Crippen LogP contribution is 2.36. The summed E-state index contributed by atoms with van der Waals surface area (Å²) in [6.07, 6.45) is 1.51. The number of halogens is 1. The van der Waals surface area contributed by atoms with Crippen LogP contribution in [0.1, 0.15) is 5.56 Å². The first-order valence-corrected chi connectivity index (χ1v) is 10.5. The van der Waals surface area contributed by atoms with Gasteiger partial charge < -0.3 is 9.47 Å². The van der Waals surface area contributed by atoms with E-state index < -0.39 is 21.2 Å². The highest BCUT2D eigenvalue weighted by Gasteiger charge is 2.22. The van der Waals surface area contributed by atoms with Crippen LogP contribution in [-0.2, 0) is 0 Å². The fourth-order valence-corrected chi connectivity index (χ4v) is 3.23. The smallest absolute Gasteiger partial charge is 0.318 e. The molecule has 0 saturated carbocycles. The van der Waals surface area contributed by atoms with Gasteiger partial charge in [-0.1, -0.05) is 29.8 Å². The van der Waals surface area contributed by atoms with Crippen LogP contribution in [0.2, 0.25) is 5.02 Å². The van der Waals surface area contributed by atoms with Crippen LogP contribution in [-0.4, -0.2) is 16.1 Å². The molecule has 0 atom stereocenters. The Hall–Kier alpha value is -4.76. The van der Waals surface area contributed by atoms with Gasteiger partial charge in [-0.3, -0.25) is 25.2 Å². The molecule has 4 aromatic carbocycles. The molecule has 10 heteroatoms. The number of benzene rings is 4. The highest BCUT2D eigenvalue weighted by molar-refractivity contribution is 6.30. The van der Waals surface area contributed by atoms with E-state index in [1.165, 1.54) is 18.3 Å². The van der Waals surface area contributed by atoms with Crippen LogP contribution in [0.5, 0.6) is 23.0 Å². The van der Waals surface area contributed by atoms with Gasteiger partial charge in [0.1, 0.15) is 17.2 Å². The monoisotopic (exact) mass is 489 g/mol. The van der Waals surface area contributed by atoms with Crippen LogP contribution in [0, 0.1) is 20.2 Å². The van der Waals surface area contributed by atoms with Gasteiger partial charge in [0, 0.05) is 22.9 Å². The van der Waals surface area contributed by atoms with Gasteiger partial charge in [0.05, 0.1) is 21.6 Å². The van der Waals surface area contributed by atoms with Crippen molar-refractivity contribution in [2.45, 2.75) is 0 Å². The van der Waals surface area contributed by atoms with Crippen LogP contribution in [0.15, 0.2) is 96.0 Å². The van der Waals surface area contributed by atoms with E-state index >= 15 is 0 Å². The third kappa shape index (κ3) is 5.98. The van der Waals surface area contributed by atoms with E-state index in [-0.39, 0.29) is 11.5 Å². The molecule has 0 N–H and O–H groups in total. The van der Waals surface area contributed by atoms with Crippen LogP contribution < -0.4 is 9.47 Å². The SMILES string of the molecule is O=[N+]([O-])c1ccc(Oc2ccc(Cl)cc2C=Nc2ccc(Oc3ccccc3)cc2)c([N+](=O)[O-])c1. The van der Waals surface area contributed by atoms with Gasteiger partial charge in [0.15, 0.2) is 0 Å². The molecule has 0 aliphatic rings. The van der Waals surface area contributed by atoms with E-state index in [0.717, 1.165) is 12.1 Å². The maximum atomic E-state index is 11.4. The minimum atomic E-state index is -0.745. The van der Waals surface area contributed by atoms with Gasteiger partial charge in [0.2, 0.25) is 5.75 Å². The molecule has 0 bridgehead atoms. The normalized spacial score (nSPS) is 10.8. The third-order valence-electron chi connectivity index (χ3n) is 4.71. The average Bonchev–Trinajstić information content (AvgIpc) is 2.85. The standard InChI is InChI=1S/C25H16ClN3O6/c26-18-6-12-24(35-25-13-9-20(28(30)31)15-23(25)29(32)33)17(14-18)16-27-19-7-10-22(11-8-19)34-21-4-2-1-3-5-21/h1-16H. The summed E-state index contributed by atoms with van der Waals surface area (Å²) in [5, 5.41) is 22.8. The molecular weight excluding hydrogens is 474 g/mol. The Morgan fingerprint density at radius 3 is 2.11 bits per heavy atom. The fraction of sp³-hybridized carbons (Fsp3) is 0. The second kappa shape index (κ2) is 10.4. The lowest BCUT2D eigenvalue weighted by Gasteiger charge is -2.09. The molecule has 0 unspecified atom stereocenters. The van der Waals surface area contributed by atoms with Crippen LogP contribution in [0.4, 0.5) is 17.1 Å². The molecule has 0 spiro atoms. The lowest BCUT2D eigenvalue weighted by atomic mass is 10.2. The summed E-state index contributed by atoms with van der Waals surface area (Å²) >= 11 is 6.12. The second-order valence-electron chi connectivity index (χ2n) is 7.12. The lowest BCUT2D eigenvalue weighted by Crippen LogP contribution is -1.97. The quantitative estimate of drug-likeness (QED) is 0.144. The first-order chi connectivity index (χ1) is 16.9. The van der Waals surface area contributed by atoms with Crippen molar-refractivity contribution in [3.05, 3.63) is 122 Å². The van der Waals surface area contributed by atoms with Crippen LogP contribution in [0.3, 0.4) is 0 Å². The van der Waals surface area contributed by atoms with Gasteiger partial charge in [-0.05, 0) is 60.7 Å². The second-order valence-corrected chi connectivity index (χ2v) is 7.55. The highest BCUT2D eigenvalue weighted by atomic mass is 35.5. The summed E-state index contributed by atoms with van der Waals surface area (Å²) in [6, 6.07) is 24.3. The van der Waals surface area contributed by atoms with E-state index in [9.17, 15) is 20.2 Å². The van der Waals surface area contributed by atoms with Crippen molar-refractivity contribution in [2.24, 2.45) is 4.99 Å². The third-order valence-corrected chi connectivity index (χ3v) is 4.95. The Labute approximate surface area is 204 Å². The predicted molar refractivity (Wildman–Crippen MR) is 131 cm³/mol. The van der Waals surface area contributed by atoms with Crippen LogP contribution in [0.25, 0.3) is 0 Å². The number of para-hydroxylation sites is 1. The molecule has 174 valence electrons. The Morgan fingerprint density at radius 1 is 0.743 bits per heavy atom. The molecule has 0 fully saturated rings. The minimum Gasteiger partial charge on any atom is -0.457 e. The number of nitrogens with zero attached hydrogens (tertiary/aromatic N) is 3. The molecule has 0 aliphatic heterocycles. The lowest BCUT2D eigenvalue weighted by molar-refractivity contribution is -0.394. The predicted octanol–water partition coefficient (Wildman–Crippen LogP) is 7.49. The van der Waals surface area contributed by atoms with E-state index in [4.69, 9.17) is 21.1 Å². The van der Waals surface area contributed by atoms with Crippen molar-refractivity contribution < 1.29 is 19.3 Å². The van der Waals surface area contributed by atoms with Gasteiger partial charge in [-0.2, -0.15) is 0 Å². The molecular formula is C25H16ClN3O6. The number of nitro benzene ring substituents is 2. The molecule has 0 saturated heterocycles. The molecule has 9 nitrogen and oxygen atoms in total. The molecule has 0 radical (unpaired) electrons. The summed E-state index contributed by atoms with van der Waals surface area (Å²) in [4.78, 5) is 25.4. The molecule has 0 aromatic heterocycles. The number of ether oxygens (including phenoxy) is 2. The van der Waals surface area contributed by atoms with Gasteiger partial charge in [0.25, 0.3) is 5.69 Å². The average molecular weight is 490 g/mol. The van der Waals surface area contributed by atoms with Crippen molar-refractivity contribution in [3.8, 4) is 23.0 Å². The number of non-ortho nitro benzene ring substituents is 1. The maximum Gasteiger partial charge on any atom is 0.318 e. The zero-order valence-electron chi connectivity index (χ0n) is 17.9. The molecule has 0 heterocycles. The first kappa shape index (κ1) is 23.4. The number of aliphatic imine (C=N–C) groups is 1. The number of hydrogen-bond acceptors (Lipinski definition) is 7. The van der Waals surface area contributed by atoms with Crippen molar-refractivity contribution in [2.75, 3.05) is 0 Å². The zero-order chi connectivity index (χ0) is 24.8. The molecule has 4 aromatic rings. The maximum absolute atomic E-state index is 11.4. The van der Waals surface area contributed by atoms with Crippen molar-refractivity contribution >= 4 is 34.9 Å². The Bertz CT molecular complexity index is 1410. The number of nitro groups is 2. The van der Waals surface area contributed by atoms with Gasteiger partial charge in [-0.25, -0.2) is 0 Å². The summed E-state index contributed by atoms with van der Waals surface area (Å²) < 4.78 is 11.5. The van der Waals surface area contributed by atoms with Gasteiger partial charge in [-0.15, -0.1) is 0 Å². The Balaban J connectivity index is 1.57. The Kier molecular flexibility index (Phi) is 6.99. The number of hydrogen-bond donors (Lipinski definition) is 0. The van der Waals surface area contributed by atoms with E-state index in [1.54, 1.807) is 36.4 Å². The first-order valence-electron chi connectivity index (χ1n) is 10.2. The van der Waals surface area contributed by atoms with Crippen molar-refractivity contribution in [1.82, 2.24) is 0 Å². The number of rotatable bonds is 8. The summed E-state index contributed by atoms with van der Waals surface area (Å²) in [6.45, 7) is 0. The van der Waals surface area contributed by atoms with Crippen molar-refractivity contribution in [1.29, 1.82) is 0 Å². The van der Waals surface area contributed by atoms with E-state index in [1.807, 2.05) is 30.3 Å². The molecule has 35 heavy (non-hydrogen) atoms. The van der Waals surface area contributed by atoms with Crippen LogP contribution >= 0.6 is 11.6 Å². The zero-order valence-corrected chi connectivity index (χ0v) is 18.7. The topological polar surface area (TPSA) is 117 Å². The fourth-order valence-electron chi connectivity index (χ4n) is 3.05. The van der Waals surface area contributed by atoms with E-state index in [2.05, 4.69) is 4.99 Å². The summed E-state index contributed by atoms with van der Waals surface area (Å²) in [5.74, 6) is 1.44. The minimum absolute atomic E-state index is 0.153. The van der Waals surface area contributed by atoms with Gasteiger partial charge >= 0.3 is 5.69 Å².